The minimum Gasteiger partial charge on any atom is -0.478 e. The summed E-state index contributed by atoms with van der Waals surface area (Å²) in [6, 6.07) is 2.80. The maximum Gasteiger partial charge on any atom is 0.338 e. The first kappa shape index (κ1) is 15.1. The average molecular weight is 266 g/mol. The second-order valence-electron chi connectivity index (χ2n) is 4.29. The number of rotatable bonds is 6. The van der Waals surface area contributed by atoms with Crippen molar-refractivity contribution in [2.75, 3.05) is 20.3 Å². The van der Waals surface area contributed by atoms with Crippen LogP contribution in [0.2, 0.25) is 0 Å². The Bertz CT molecular complexity index is 460. The predicted molar refractivity (Wildman–Crippen MR) is 69.2 cm³/mol. The third kappa shape index (κ3) is 3.75. The summed E-state index contributed by atoms with van der Waals surface area (Å²) >= 11 is 0. The van der Waals surface area contributed by atoms with Crippen LogP contribution < -0.4 is 0 Å². The van der Waals surface area contributed by atoms with Gasteiger partial charge in [0.15, 0.2) is 0 Å². The first-order valence-electron chi connectivity index (χ1n) is 5.97. The van der Waals surface area contributed by atoms with E-state index in [0.717, 1.165) is 0 Å². The van der Waals surface area contributed by atoms with Gasteiger partial charge in [0.2, 0.25) is 0 Å². The molecule has 0 atom stereocenters. The Morgan fingerprint density at radius 1 is 1.47 bits per heavy atom. The number of amides is 1. The maximum absolute atomic E-state index is 12.4. The smallest absolute Gasteiger partial charge is 0.338 e. The van der Waals surface area contributed by atoms with Crippen LogP contribution in [0.25, 0.3) is 0 Å². The fourth-order valence-corrected chi connectivity index (χ4v) is 1.67. The van der Waals surface area contributed by atoms with Crippen LogP contribution in [-0.2, 0) is 4.74 Å². The molecule has 1 N–H and O–H groups in total. The van der Waals surface area contributed by atoms with Crippen molar-refractivity contribution >= 4 is 11.9 Å². The lowest BCUT2D eigenvalue weighted by Crippen LogP contribution is -2.40. The Balaban J connectivity index is 3.06. The SMILES string of the molecule is COCCN(C(=O)c1ncccc1C(=O)O)C(C)C. The second-order valence-corrected chi connectivity index (χ2v) is 4.29. The summed E-state index contributed by atoms with van der Waals surface area (Å²) in [4.78, 5) is 28.9. The summed E-state index contributed by atoms with van der Waals surface area (Å²) in [6.45, 7) is 4.50. The van der Waals surface area contributed by atoms with E-state index in [9.17, 15) is 9.59 Å². The molecule has 0 spiro atoms. The van der Waals surface area contributed by atoms with E-state index >= 15 is 0 Å². The zero-order valence-electron chi connectivity index (χ0n) is 11.3. The predicted octanol–water partition coefficient (Wildman–Crippen LogP) is 1.28. The van der Waals surface area contributed by atoms with Gasteiger partial charge in [-0.1, -0.05) is 0 Å². The Hall–Kier alpha value is -1.95. The molecular weight excluding hydrogens is 248 g/mol. The third-order valence-electron chi connectivity index (χ3n) is 2.66. The molecule has 0 saturated heterocycles. The molecule has 104 valence electrons. The highest BCUT2D eigenvalue weighted by Gasteiger charge is 2.24. The number of aromatic nitrogens is 1. The fraction of sp³-hybridized carbons (Fsp3) is 0.462. The van der Waals surface area contributed by atoms with Gasteiger partial charge < -0.3 is 14.7 Å². The molecule has 0 aromatic carbocycles. The van der Waals surface area contributed by atoms with Crippen molar-refractivity contribution in [2.24, 2.45) is 0 Å². The van der Waals surface area contributed by atoms with Crippen molar-refractivity contribution in [1.82, 2.24) is 9.88 Å². The summed E-state index contributed by atoms with van der Waals surface area (Å²) in [6.07, 6.45) is 1.41. The van der Waals surface area contributed by atoms with Gasteiger partial charge in [0.05, 0.1) is 12.2 Å². The van der Waals surface area contributed by atoms with E-state index in [1.165, 1.54) is 23.2 Å². The van der Waals surface area contributed by atoms with Crippen LogP contribution in [0.1, 0.15) is 34.7 Å². The van der Waals surface area contributed by atoms with Crippen molar-refractivity contribution in [3.63, 3.8) is 0 Å². The second kappa shape index (κ2) is 6.84. The number of methoxy groups -OCH3 is 1. The van der Waals surface area contributed by atoms with Gasteiger partial charge in [-0.2, -0.15) is 0 Å². The molecule has 0 radical (unpaired) electrons. The molecule has 0 bridgehead atoms. The summed E-state index contributed by atoms with van der Waals surface area (Å²) in [5.74, 6) is -1.56. The lowest BCUT2D eigenvalue weighted by atomic mass is 10.1. The zero-order valence-corrected chi connectivity index (χ0v) is 11.3. The number of pyridine rings is 1. The monoisotopic (exact) mass is 266 g/mol. The van der Waals surface area contributed by atoms with Gasteiger partial charge >= 0.3 is 5.97 Å². The van der Waals surface area contributed by atoms with E-state index in [0.29, 0.717) is 13.2 Å². The molecule has 6 heteroatoms. The quantitative estimate of drug-likeness (QED) is 0.839. The Morgan fingerprint density at radius 2 is 2.16 bits per heavy atom. The van der Waals surface area contributed by atoms with E-state index in [1.54, 1.807) is 7.11 Å². The van der Waals surface area contributed by atoms with Crippen molar-refractivity contribution in [3.8, 4) is 0 Å². The normalized spacial score (nSPS) is 10.5. The number of hydrogen-bond donors (Lipinski definition) is 1. The maximum atomic E-state index is 12.4. The highest BCUT2D eigenvalue weighted by molar-refractivity contribution is 6.03. The van der Waals surface area contributed by atoms with Gasteiger partial charge in [-0.05, 0) is 26.0 Å². The van der Waals surface area contributed by atoms with E-state index < -0.39 is 11.9 Å². The summed E-state index contributed by atoms with van der Waals surface area (Å²) in [5, 5.41) is 9.08. The van der Waals surface area contributed by atoms with Gasteiger partial charge in [-0.25, -0.2) is 4.79 Å². The summed E-state index contributed by atoms with van der Waals surface area (Å²) < 4.78 is 4.96. The molecule has 0 aliphatic rings. The lowest BCUT2D eigenvalue weighted by Gasteiger charge is -2.26. The lowest BCUT2D eigenvalue weighted by molar-refractivity contribution is 0.0608. The van der Waals surface area contributed by atoms with Crippen molar-refractivity contribution in [3.05, 3.63) is 29.6 Å². The molecule has 1 heterocycles. The van der Waals surface area contributed by atoms with Gasteiger partial charge in [-0.15, -0.1) is 0 Å². The number of carbonyl (C=O) groups excluding carboxylic acids is 1. The Labute approximate surface area is 112 Å². The molecule has 0 unspecified atom stereocenters. The molecule has 1 rings (SSSR count). The van der Waals surface area contributed by atoms with Crippen molar-refractivity contribution in [2.45, 2.75) is 19.9 Å². The van der Waals surface area contributed by atoms with Crippen molar-refractivity contribution in [1.29, 1.82) is 0 Å². The summed E-state index contributed by atoms with van der Waals surface area (Å²) in [5.41, 5.74) is -0.129. The molecular formula is C13H18N2O4. The molecule has 6 nitrogen and oxygen atoms in total. The van der Waals surface area contributed by atoms with Gasteiger partial charge in [-0.3, -0.25) is 9.78 Å². The van der Waals surface area contributed by atoms with Gasteiger partial charge in [0.1, 0.15) is 5.69 Å². The number of aromatic carboxylic acids is 1. The first-order chi connectivity index (χ1) is 8.99. The van der Waals surface area contributed by atoms with Crippen LogP contribution in [0.4, 0.5) is 0 Å². The molecule has 19 heavy (non-hydrogen) atoms. The number of carboxylic acids is 1. The molecule has 1 aromatic heterocycles. The van der Waals surface area contributed by atoms with E-state index in [4.69, 9.17) is 9.84 Å². The Morgan fingerprint density at radius 3 is 2.68 bits per heavy atom. The van der Waals surface area contributed by atoms with E-state index in [2.05, 4.69) is 4.98 Å². The number of nitrogens with zero attached hydrogens (tertiary/aromatic N) is 2. The minimum absolute atomic E-state index is 0.0418. The van der Waals surface area contributed by atoms with Crippen LogP contribution >= 0.6 is 0 Å². The van der Waals surface area contributed by atoms with E-state index in [-0.39, 0.29) is 17.3 Å². The highest BCUT2D eigenvalue weighted by atomic mass is 16.5. The number of ether oxygens (including phenoxy) is 1. The van der Waals surface area contributed by atoms with Gasteiger partial charge in [0.25, 0.3) is 5.91 Å². The first-order valence-corrected chi connectivity index (χ1v) is 5.97. The largest absolute Gasteiger partial charge is 0.478 e. The average Bonchev–Trinajstić information content (AvgIpc) is 2.38. The number of carboxylic acid groups (broad SMARTS) is 1. The van der Waals surface area contributed by atoms with Crippen LogP contribution in [0.3, 0.4) is 0 Å². The van der Waals surface area contributed by atoms with Crippen LogP contribution in [0.5, 0.6) is 0 Å². The van der Waals surface area contributed by atoms with Crippen LogP contribution in [-0.4, -0.2) is 53.2 Å². The zero-order chi connectivity index (χ0) is 14.4. The Kier molecular flexibility index (Phi) is 5.44. The highest BCUT2D eigenvalue weighted by Crippen LogP contribution is 2.11. The molecule has 0 saturated carbocycles. The van der Waals surface area contributed by atoms with Gasteiger partial charge in [0, 0.05) is 25.9 Å². The topological polar surface area (TPSA) is 79.7 Å². The number of carbonyl (C=O) groups is 2. The van der Waals surface area contributed by atoms with Crippen LogP contribution in [0.15, 0.2) is 18.3 Å². The molecule has 1 amide bonds. The molecule has 0 aliphatic carbocycles. The third-order valence-corrected chi connectivity index (χ3v) is 2.66. The number of hydrogen-bond acceptors (Lipinski definition) is 4. The van der Waals surface area contributed by atoms with Crippen LogP contribution in [0, 0.1) is 0 Å². The van der Waals surface area contributed by atoms with E-state index in [1.807, 2.05) is 13.8 Å². The molecule has 1 aromatic rings. The standard InChI is InChI=1S/C13H18N2O4/c1-9(2)15(7-8-19-3)12(16)11-10(13(17)18)5-4-6-14-11/h4-6,9H,7-8H2,1-3H3,(H,17,18). The molecule has 0 fully saturated rings. The molecule has 0 aliphatic heterocycles. The summed E-state index contributed by atoms with van der Waals surface area (Å²) in [7, 11) is 1.55. The minimum atomic E-state index is -1.16. The fourth-order valence-electron chi connectivity index (χ4n) is 1.67. The van der Waals surface area contributed by atoms with Crippen molar-refractivity contribution < 1.29 is 19.4 Å².